The molecule has 0 amide bonds. The van der Waals surface area contributed by atoms with E-state index in [2.05, 4.69) is 5.32 Å². The third-order valence-corrected chi connectivity index (χ3v) is 1.93. The fraction of sp³-hybridized carbons (Fsp3) is 0.300. The van der Waals surface area contributed by atoms with Crippen molar-refractivity contribution in [1.82, 2.24) is 0 Å². The molecule has 0 saturated carbocycles. The smallest absolute Gasteiger partial charge is 0.147 e. The average molecular weight is 211 g/mol. The predicted octanol–water partition coefficient (Wildman–Crippen LogP) is 0.904. The molecular weight excluding hydrogens is 197 g/mol. The molecule has 15 heavy (non-hydrogen) atoms. The van der Waals surface area contributed by atoms with E-state index >= 15 is 0 Å². The highest BCUT2D eigenvalue weighted by Crippen LogP contribution is 2.15. The number of anilines is 1. The number of hydrogen-bond donors (Lipinski definition) is 4. The summed E-state index contributed by atoms with van der Waals surface area (Å²) < 4.78 is 13.4. The summed E-state index contributed by atoms with van der Waals surface area (Å²) in [5, 5.41) is 18.5. The standard InChI is InChI=1S/C10H14FN3O/c11-8-6-7(10(12)13)2-3-9(8)14-4-1-5-15/h2-3,6,14-15H,1,4-5H2,(H3,12,13). The maximum atomic E-state index is 13.4. The number of halogens is 1. The minimum atomic E-state index is -0.444. The number of benzene rings is 1. The van der Waals surface area contributed by atoms with E-state index in [1.807, 2.05) is 0 Å². The molecule has 82 valence electrons. The van der Waals surface area contributed by atoms with Gasteiger partial charge in [0.1, 0.15) is 11.7 Å². The Hall–Kier alpha value is -1.62. The predicted molar refractivity (Wildman–Crippen MR) is 57.6 cm³/mol. The Morgan fingerprint density at radius 1 is 1.53 bits per heavy atom. The Morgan fingerprint density at radius 2 is 2.27 bits per heavy atom. The van der Waals surface area contributed by atoms with Crippen LogP contribution in [-0.2, 0) is 0 Å². The molecule has 0 atom stereocenters. The Bertz CT molecular complexity index is 355. The number of hydrogen-bond acceptors (Lipinski definition) is 3. The molecule has 0 radical (unpaired) electrons. The van der Waals surface area contributed by atoms with Gasteiger partial charge in [0.05, 0.1) is 5.69 Å². The van der Waals surface area contributed by atoms with E-state index < -0.39 is 5.82 Å². The average Bonchev–Trinajstić information content (AvgIpc) is 2.20. The summed E-state index contributed by atoms with van der Waals surface area (Å²) in [4.78, 5) is 0. The van der Waals surface area contributed by atoms with Gasteiger partial charge >= 0.3 is 0 Å². The number of rotatable bonds is 5. The third-order valence-electron chi connectivity index (χ3n) is 1.93. The molecule has 5 heteroatoms. The van der Waals surface area contributed by atoms with Crippen molar-refractivity contribution in [3.05, 3.63) is 29.6 Å². The first-order valence-corrected chi connectivity index (χ1v) is 4.64. The molecule has 0 bridgehead atoms. The van der Waals surface area contributed by atoms with Crippen LogP contribution in [0.2, 0.25) is 0 Å². The molecule has 0 unspecified atom stereocenters. The molecule has 0 heterocycles. The van der Waals surface area contributed by atoms with Gasteiger partial charge in [0.15, 0.2) is 0 Å². The van der Waals surface area contributed by atoms with Crippen molar-refractivity contribution < 1.29 is 9.50 Å². The highest BCUT2D eigenvalue weighted by Gasteiger charge is 2.04. The SMILES string of the molecule is N=C(N)c1ccc(NCCCO)c(F)c1. The van der Waals surface area contributed by atoms with Crippen molar-refractivity contribution in [2.45, 2.75) is 6.42 Å². The van der Waals surface area contributed by atoms with Gasteiger partial charge in [-0.05, 0) is 24.6 Å². The van der Waals surface area contributed by atoms with Crippen molar-refractivity contribution in [2.75, 3.05) is 18.5 Å². The zero-order valence-corrected chi connectivity index (χ0v) is 8.26. The van der Waals surface area contributed by atoms with Crippen LogP contribution < -0.4 is 11.1 Å². The van der Waals surface area contributed by atoms with Gasteiger partial charge < -0.3 is 16.2 Å². The Morgan fingerprint density at radius 3 is 2.80 bits per heavy atom. The minimum Gasteiger partial charge on any atom is -0.396 e. The molecular formula is C10H14FN3O. The molecule has 1 aromatic rings. The van der Waals surface area contributed by atoms with E-state index in [4.69, 9.17) is 16.2 Å². The van der Waals surface area contributed by atoms with E-state index in [-0.39, 0.29) is 12.4 Å². The lowest BCUT2D eigenvalue weighted by Gasteiger charge is -2.07. The summed E-state index contributed by atoms with van der Waals surface area (Å²) in [6.45, 7) is 0.576. The van der Waals surface area contributed by atoms with E-state index in [9.17, 15) is 4.39 Å². The van der Waals surface area contributed by atoms with Gasteiger partial charge in [0, 0.05) is 18.7 Å². The zero-order valence-electron chi connectivity index (χ0n) is 8.26. The maximum absolute atomic E-state index is 13.4. The van der Waals surface area contributed by atoms with Crippen LogP contribution in [0.1, 0.15) is 12.0 Å². The van der Waals surface area contributed by atoms with Crippen molar-refractivity contribution in [3.63, 3.8) is 0 Å². The maximum Gasteiger partial charge on any atom is 0.147 e. The van der Waals surface area contributed by atoms with Crippen LogP contribution >= 0.6 is 0 Å². The normalized spacial score (nSPS) is 10.0. The van der Waals surface area contributed by atoms with Gasteiger partial charge in [-0.15, -0.1) is 0 Å². The van der Waals surface area contributed by atoms with Crippen molar-refractivity contribution in [1.29, 1.82) is 5.41 Å². The molecule has 0 fully saturated rings. The fourth-order valence-corrected chi connectivity index (χ4v) is 1.13. The lowest BCUT2D eigenvalue weighted by molar-refractivity contribution is 0.292. The highest BCUT2D eigenvalue weighted by atomic mass is 19.1. The Balaban J connectivity index is 2.70. The largest absolute Gasteiger partial charge is 0.396 e. The number of amidine groups is 1. The monoisotopic (exact) mass is 211 g/mol. The Kier molecular flexibility index (Phi) is 4.05. The van der Waals surface area contributed by atoms with Crippen molar-refractivity contribution in [3.8, 4) is 0 Å². The lowest BCUT2D eigenvalue weighted by Crippen LogP contribution is -2.12. The summed E-state index contributed by atoms with van der Waals surface area (Å²) >= 11 is 0. The first kappa shape index (κ1) is 11.5. The van der Waals surface area contributed by atoms with Crippen LogP contribution in [0, 0.1) is 11.2 Å². The van der Waals surface area contributed by atoms with Crippen LogP contribution in [0.15, 0.2) is 18.2 Å². The van der Waals surface area contributed by atoms with Gasteiger partial charge in [-0.2, -0.15) is 0 Å². The molecule has 1 aromatic carbocycles. The van der Waals surface area contributed by atoms with Gasteiger partial charge in [-0.3, -0.25) is 5.41 Å². The summed E-state index contributed by atoms with van der Waals surface area (Å²) in [6.07, 6.45) is 0.563. The molecule has 0 spiro atoms. The molecule has 4 nitrogen and oxygen atoms in total. The van der Waals surface area contributed by atoms with E-state index in [0.29, 0.717) is 24.2 Å². The third kappa shape index (κ3) is 3.21. The number of aliphatic hydroxyl groups excluding tert-OH is 1. The van der Waals surface area contributed by atoms with Crippen LogP contribution in [0.25, 0.3) is 0 Å². The molecule has 1 rings (SSSR count). The van der Waals surface area contributed by atoms with Crippen molar-refractivity contribution in [2.24, 2.45) is 5.73 Å². The van der Waals surface area contributed by atoms with E-state index in [0.717, 1.165) is 0 Å². The number of nitrogens with two attached hydrogens (primary N) is 1. The molecule has 0 aromatic heterocycles. The summed E-state index contributed by atoms with van der Waals surface area (Å²) in [5.41, 5.74) is 5.93. The zero-order chi connectivity index (χ0) is 11.3. The molecule has 0 aliphatic carbocycles. The van der Waals surface area contributed by atoms with Crippen LogP contribution in [-0.4, -0.2) is 24.1 Å². The first-order valence-electron chi connectivity index (χ1n) is 4.64. The topological polar surface area (TPSA) is 82.1 Å². The van der Waals surface area contributed by atoms with Crippen LogP contribution in [0.5, 0.6) is 0 Å². The van der Waals surface area contributed by atoms with Crippen LogP contribution in [0.3, 0.4) is 0 Å². The quantitative estimate of drug-likeness (QED) is 0.332. The number of nitrogen functional groups attached to an aromatic ring is 1. The second kappa shape index (κ2) is 5.31. The molecule has 0 saturated heterocycles. The van der Waals surface area contributed by atoms with Crippen LogP contribution in [0.4, 0.5) is 10.1 Å². The molecule has 0 aliphatic rings. The molecule has 0 aliphatic heterocycles. The summed E-state index contributed by atoms with van der Waals surface area (Å²) in [6, 6.07) is 4.32. The van der Waals surface area contributed by atoms with E-state index in [1.54, 1.807) is 6.07 Å². The van der Waals surface area contributed by atoms with Gasteiger partial charge in [0.2, 0.25) is 0 Å². The second-order valence-electron chi connectivity index (χ2n) is 3.11. The summed E-state index contributed by atoms with van der Waals surface area (Å²) in [7, 11) is 0. The first-order chi connectivity index (χ1) is 7.15. The summed E-state index contributed by atoms with van der Waals surface area (Å²) in [5.74, 6) is -0.601. The fourth-order valence-electron chi connectivity index (χ4n) is 1.13. The lowest BCUT2D eigenvalue weighted by atomic mass is 10.2. The second-order valence-corrected chi connectivity index (χ2v) is 3.11. The molecule has 5 N–H and O–H groups in total. The number of nitrogens with one attached hydrogen (secondary N) is 2. The number of aliphatic hydroxyl groups is 1. The highest BCUT2D eigenvalue weighted by molar-refractivity contribution is 5.95. The van der Waals surface area contributed by atoms with Crippen molar-refractivity contribution >= 4 is 11.5 Å². The Labute approximate surface area is 87.4 Å². The minimum absolute atomic E-state index is 0.0696. The van der Waals surface area contributed by atoms with E-state index in [1.165, 1.54) is 12.1 Å². The van der Waals surface area contributed by atoms with Gasteiger partial charge in [-0.1, -0.05) is 0 Å². The van der Waals surface area contributed by atoms with Gasteiger partial charge in [-0.25, -0.2) is 4.39 Å². The van der Waals surface area contributed by atoms with Gasteiger partial charge in [0.25, 0.3) is 0 Å².